The molecule has 1 saturated carbocycles. The van der Waals surface area contributed by atoms with E-state index in [1.165, 1.54) is 17.0 Å². The van der Waals surface area contributed by atoms with Crippen LogP contribution < -0.4 is 4.74 Å². The van der Waals surface area contributed by atoms with Gasteiger partial charge in [-0.05, 0) is 55.6 Å². The highest BCUT2D eigenvalue weighted by Gasteiger charge is 2.22. The van der Waals surface area contributed by atoms with Gasteiger partial charge in [-0.25, -0.2) is 4.79 Å². The fourth-order valence-corrected chi connectivity index (χ4v) is 4.41. The third-order valence-electron chi connectivity index (χ3n) is 5.54. The molecule has 2 fully saturated rings. The van der Waals surface area contributed by atoms with Gasteiger partial charge in [-0.1, -0.05) is 36.3 Å². The minimum absolute atomic E-state index is 0.0733. The molecule has 1 saturated heterocycles. The number of aromatic nitrogens is 4. The van der Waals surface area contributed by atoms with E-state index in [0.717, 1.165) is 5.56 Å². The number of hydrogen-bond acceptors (Lipinski definition) is 8. The molecule has 0 bridgehead atoms. The molecule has 2 aliphatic rings. The summed E-state index contributed by atoms with van der Waals surface area (Å²) in [7, 11) is 0. The van der Waals surface area contributed by atoms with Crippen molar-refractivity contribution in [1.29, 1.82) is 0 Å². The van der Waals surface area contributed by atoms with Gasteiger partial charge >= 0.3 is 6.09 Å². The molecule has 0 N–H and O–H groups in total. The first-order valence-electron chi connectivity index (χ1n) is 16.3. The van der Waals surface area contributed by atoms with Gasteiger partial charge in [0.05, 0.1) is 25.1 Å². The summed E-state index contributed by atoms with van der Waals surface area (Å²) in [4.78, 5) is 17.8. The monoisotopic (exact) mass is 542 g/mol. The summed E-state index contributed by atoms with van der Waals surface area (Å²) >= 11 is 0.247. The van der Waals surface area contributed by atoms with Crippen molar-refractivity contribution in [3.8, 4) is 23.3 Å². The molecule has 2 aromatic heterocycles. The Labute approximate surface area is 239 Å². The second-order valence-corrected chi connectivity index (χ2v) is 9.08. The number of ether oxygens (including phenoxy) is 3. The molecular formula is C28H31N5O4S. The van der Waals surface area contributed by atoms with Crippen molar-refractivity contribution in [2.45, 2.75) is 49.4 Å². The topological polar surface area (TPSA) is 91.6 Å². The minimum Gasteiger partial charge on any atom is -0.486 e. The van der Waals surface area contributed by atoms with Crippen LogP contribution in [0, 0.1) is 18.8 Å². The van der Waals surface area contributed by atoms with Gasteiger partial charge in [0.2, 0.25) is 0 Å². The number of carbonyl (C=O) groups excluding carboxylic acids is 1. The van der Waals surface area contributed by atoms with Crippen LogP contribution in [-0.2, 0) is 16.1 Å². The fourth-order valence-electron chi connectivity index (χ4n) is 3.64. The zero-order chi connectivity index (χ0) is 34.3. The maximum atomic E-state index is 12.1. The first kappa shape index (κ1) is 17.1. The van der Waals surface area contributed by atoms with Crippen LogP contribution in [0.1, 0.15) is 54.8 Å². The number of aryl methyl sites for hydroxylation is 1. The summed E-state index contributed by atoms with van der Waals surface area (Å²) in [5, 5.41) is 5.01. The number of hydrogen-bond donors (Lipinski definition) is 0. The molecular weight excluding hydrogens is 502 g/mol. The second-order valence-electron chi connectivity index (χ2n) is 8.10. The maximum Gasteiger partial charge on any atom is 0.410 e. The van der Waals surface area contributed by atoms with E-state index in [-0.39, 0.29) is 36.0 Å². The summed E-state index contributed by atoms with van der Waals surface area (Å²) in [6.45, 7) is 3.48. The molecule has 1 aliphatic carbocycles. The van der Waals surface area contributed by atoms with Gasteiger partial charge in [-0.3, -0.25) is 9.55 Å². The standard InChI is InChI=1S/C28H31N5O4S/c1-21-18-24(11-10-22(21)6-5-15-36-28(34)32-13-16-35-17-14-32)37-20-26-30-31-27(38-25-8-2-3-9-25)33(26)23-7-4-12-29-19-23/h4,7,10-12,18-19,25H,2-3,8-9,13-17,20H2,1H3/i2D2,3D2,8D2,9D2,25D. The number of pyridine rings is 1. The predicted molar refractivity (Wildman–Crippen MR) is 143 cm³/mol. The number of nitrogens with zero attached hydrogens (tertiary/aromatic N) is 5. The van der Waals surface area contributed by atoms with Gasteiger partial charge in [0.1, 0.15) is 12.4 Å². The second kappa shape index (κ2) is 12.8. The maximum absolute atomic E-state index is 12.1. The van der Waals surface area contributed by atoms with Crippen molar-refractivity contribution in [3.05, 3.63) is 59.7 Å². The molecule has 0 spiro atoms. The molecule has 1 aliphatic heterocycles. The summed E-state index contributed by atoms with van der Waals surface area (Å²) < 4.78 is 92.8. The first-order chi connectivity index (χ1) is 22.0. The first-order valence-corrected chi connectivity index (χ1v) is 12.6. The van der Waals surface area contributed by atoms with Crippen molar-refractivity contribution in [1.82, 2.24) is 24.6 Å². The third kappa shape index (κ3) is 6.65. The Hall–Kier alpha value is -3.55. The van der Waals surface area contributed by atoms with Crippen molar-refractivity contribution in [2.24, 2.45) is 0 Å². The molecule has 0 unspecified atom stereocenters. The van der Waals surface area contributed by atoms with E-state index >= 15 is 0 Å². The van der Waals surface area contributed by atoms with Crippen LogP contribution in [0.3, 0.4) is 0 Å². The average molecular weight is 543 g/mol. The Morgan fingerprint density at radius 2 is 2.11 bits per heavy atom. The van der Waals surface area contributed by atoms with Crippen molar-refractivity contribution < 1.29 is 31.3 Å². The molecule has 0 atom stereocenters. The number of amides is 1. The lowest BCUT2D eigenvalue weighted by molar-refractivity contribution is 0.0306. The van der Waals surface area contributed by atoms with Crippen LogP contribution in [0.4, 0.5) is 4.79 Å². The highest BCUT2D eigenvalue weighted by molar-refractivity contribution is 7.99. The van der Waals surface area contributed by atoms with E-state index in [0.29, 0.717) is 43.3 Å². The Morgan fingerprint density at radius 1 is 1.26 bits per heavy atom. The van der Waals surface area contributed by atoms with Crippen molar-refractivity contribution in [2.75, 3.05) is 32.9 Å². The van der Waals surface area contributed by atoms with Crippen LogP contribution in [-0.4, -0.2) is 68.9 Å². The van der Waals surface area contributed by atoms with E-state index in [2.05, 4.69) is 27.0 Å². The van der Waals surface area contributed by atoms with Crippen LogP contribution >= 0.6 is 11.8 Å². The molecule has 0 radical (unpaired) electrons. The molecule has 38 heavy (non-hydrogen) atoms. The Balaban J connectivity index is 1.34. The molecule has 1 amide bonds. The van der Waals surface area contributed by atoms with Gasteiger partial charge in [-0.15, -0.1) is 10.2 Å². The molecule has 10 heteroatoms. The summed E-state index contributed by atoms with van der Waals surface area (Å²) in [5.74, 6) is 6.44. The van der Waals surface area contributed by atoms with E-state index in [1.54, 1.807) is 35.2 Å². The summed E-state index contributed by atoms with van der Waals surface area (Å²) in [5.41, 5.74) is 1.85. The van der Waals surface area contributed by atoms with Crippen LogP contribution in [0.25, 0.3) is 5.69 Å². The Morgan fingerprint density at radius 3 is 2.87 bits per heavy atom. The zero-order valence-corrected chi connectivity index (χ0v) is 21.4. The predicted octanol–water partition coefficient (Wildman–Crippen LogP) is 4.40. The Bertz CT molecular complexity index is 1670. The number of thioether (sulfide) groups is 1. The lowest BCUT2D eigenvalue weighted by atomic mass is 10.1. The van der Waals surface area contributed by atoms with Gasteiger partial charge in [0.15, 0.2) is 17.6 Å². The molecule has 1 aromatic carbocycles. The van der Waals surface area contributed by atoms with E-state index in [4.69, 9.17) is 26.5 Å². The smallest absolute Gasteiger partial charge is 0.410 e. The summed E-state index contributed by atoms with van der Waals surface area (Å²) in [6.07, 6.45) is -10.7. The van der Waals surface area contributed by atoms with E-state index < -0.39 is 36.8 Å². The molecule has 3 heterocycles. The zero-order valence-electron chi connectivity index (χ0n) is 29.6. The number of benzene rings is 1. The molecule has 9 nitrogen and oxygen atoms in total. The fraction of sp³-hybridized carbons (Fsp3) is 0.429. The van der Waals surface area contributed by atoms with Crippen molar-refractivity contribution in [3.63, 3.8) is 0 Å². The van der Waals surface area contributed by atoms with Gasteiger partial charge in [-0.2, -0.15) is 0 Å². The lowest BCUT2D eigenvalue weighted by Gasteiger charge is -2.25. The molecule has 198 valence electrons. The Kier molecular flexibility index (Phi) is 5.77. The highest BCUT2D eigenvalue weighted by Crippen LogP contribution is 2.35. The van der Waals surface area contributed by atoms with E-state index in [9.17, 15) is 4.79 Å². The van der Waals surface area contributed by atoms with Crippen LogP contribution in [0.2, 0.25) is 0 Å². The quantitative estimate of drug-likeness (QED) is 0.406. The third-order valence-corrected chi connectivity index (χ3v) is 6.39. The minimum atomic E-state index is -3.34. The van der Waals surface area contributed by atoms with Gasteiger partial charge in [0, 0.05) is 42.4 Å². The number of morpholine rings is 1. The largest absolute Gasteiger partial charge is 0.486 e. The van der Waals surface area contributed by atoms with Crippen LogP contribution in [0.5, 0.6) is 5.75 Å². The van der Waals surface area contributed by atoms with Gasteiger partial charge in [0.25, 0.3) is 0 Å². The van der Waals surface area contributed by atoms with Crippen molar-refractivity contribution >= 4 is 17.9 Å². The average Bonchev–Trinajstić information content (AvgIpc) is 3.46. The summed E-state index contributed by atoms with van der Waals surface area (Å²) in [6, 6.07) is 8.41. The molecule has 3 aromatic rings. The number of carbonyl (C=O) groups is 1. The highest BCUT2D eigenvalue weighted by atomic mass is 32.2. The van der Waals surface area contributed by atoms with Crippen LogP contribution in [0.15, 0.2) is 47.9 Å². The van der Waals surface area contributed by atoms with Gasteiger partial charge < -0.3 is 19.1 Å². The number of rotatable bonds is 7. The molecule has 5 rings (SSSR count). The van der Waals surface area contributed by atoms with E-state index in [1.807, 2.05) is 6.92 Å². The normalized spacial score (nSPS) is 25.3. The SMILES string of the molecule is [2H]C1([2H])C([2H])([2H])C([2H])([2H])C([2H])(Sc2nnc(COc3ccc(C#CCOC(=O)N4CCOCC4)c(C)c3)n2-c2cccnc2)C1([2H])[2H]. The lowest BCUT2D eigenvalue weighted by Crippen LogP contribution is -2.41.